The van der Waals surface area contributed by atoms with E-state index in [-0.39, 0.29) is 36.5 Å². The average molecular weight is 807 g/mol. The molecule has 0 aromatic carbocycles. The monoisotopic (exact) mass is 807 g/mol. The molecule has 0 spiro atoms. The van der Waals surface area contributed by atoms with Crippen molar-refractivity contribution < 1.29 is 43.6 Å². The highest BCUT2D eigenvalue weighted by Gasteiger charge is 2.13. The Labute approximate surface area is 348 Å². The number of hydrogen-bond donors (Lipinski definition) is 2. The molecule has 9 nitrogen and oxygen atoms in total. The summed E-state index contributed by atoms with van der Waals surface area (Å²) >= 11 is 0. The molecule has 0 aliphatic rings. The molecule has 0 radical (unpaired) electrons. The van der Waals surface area contributed by atoms with Crippen LogP contribution < -0.4 is 0 Å². The van der Waals surface area contributed by atoms with E-state index in [0.717, 1.165) is 148 Å². The van der Waals surface area contributed by atoms with Crippen molar-refractivity contribution in [2.45, 2.75) is 244 Å². The number of rotatable bonds is 43. The Morgan fingerprint density at radius 2 is 0.877 bits per heavy atom. The zero-order valence-corrected chi connectivity index (χ0v) is 36.7. The van der Waals surface area contributed by atoms with Crippen molar-refractivity contribution in [1.82, 2.24) is 0 Å². The Kier molecular flexibility index (Phi) is 40.9. The van der Waals surface area contributed by atoms with Gasteiger partial charge in [-0.1, -0.05) is 122 Å². The standard InChI is InChI=1S/C48H86O9/c1-3-5-7-23-33-43(49)34-24-17-13-9-11-15-19-28-39-47(53)56-42-32-22-30-40-48(54)57-44(35-25-8-6-4-2)36-26-18-14-10-12-16-20-29-38-46(52)55-41-31-21-27-37-45(50)51/h17-18,24,26,43-44,49H,3-16,19-23,25,27-42H2,1-2H3,(H,50,51). The highest BCUT2D eigenvalue weighted by molar-refractivity contribution is 5.70. The first kappa shape index (κ1) is 54.3. The number of carboxylic acid groups (broad SMARTS) is 1. The molecule has 332 valence electrons. The maximum Gasteiger partial charge on any atom is 0.306 e. The minimum absolute atomic E-state index is 0.0809. The molecule has 0 fully saturated rings. The van der Waals surface area contributed by atoms with Crippen molar-refractivity contribution in [2.24, 2.45) is 0 Å². The smallest absolute Gasteiger partial charge is 0.306 e. The van der Waals surface area contributed by atoms with Gasteiger partial charge in [-0.05, 0) is 103 Å². The molecule has 0 saturated heterocycles. The van der Waals surface area contributed by atoms with Crippen molar-refractivity contribution in [3.05, 3.63) is 24.3 Å². The largest absolute Gasteiger partial charge is 0.481 e. The number of hydrogen-bond acceptors (Lipinski definition) is 8. The number of aliphatic hydroxyl groups excluding tert-OH is 1. The third kappa shape index (κ3) is 42.7. The second kappa shape index (κ2) is 42.9. The average Bonchev–Trinajstić information content (AvgIpc) is 3.18. The summed E-state index contributed by atoms with van der Waals surface area (Å²) in [5.74, 6) is -1.21. The molecular weight excluding hydrogens is 721 g/mol. The summed E-state index contributed by atoms with van der Waals surface area (Å²) in [6.45, 7) is 5.18. The fraction of sp³-hybridized carbons (Fsp3) is 0.833. The molecule has 57 heavy (non-hydrogen) atoms. The molecule has 0 aromatic heterocycles. The minimum Gasteiger partial charge on any atom is -0.481 e. The fourth-order valence-corrected chi connectivity index (χ4v) is 6.67. The number of unbranched alkanes of at least 4 members (excludes halogenated alkanes) is 20. The van der Waals surface area contributed by atoms with Crippen molar-refractivity contribution in [3.8, 4) is 0 Å². The van der Waals surface area contributed by atoms with Crippen LogP contribution in [0.3, 0.4) is 0 Å². The molecule has 0 amide bonds. The third-order valence-corrected chi connectivity index (χ3v) is 10.3. The van der Waals surface area contributed by atoms with Gasteiger partial charge in [-0.15, -0.1) is 0 Å². The van der Waals surface area contributed by atoms with Gasteiger partial charge < -0.3 is 24.4 Å². The van der Waals surface area contributed by atoms with E-state index in [1.165, 1.54) is 32.1 Å². The van der Waals surface area contributed by atoms with Crippen LogP contribution in [0.1, 0.15) is 232 Å². The summed E-state index contributed by atoms with van der Waals surface area (Å²) in [5.41, 5.74) is 0. The summed E-state index contributed by atoms with van der Waals surface area (Å²) in [6, 6.07) is 0. The van der Waals surface area contributed by atoms with Gasteiger partial charge in [0.15, 0.2) is 0 Å². The van der Waals surface area contributed by atoms with E-state index < -0.39 is 5.97 Å². The summed E-state index contributed by atoms with van der Waals surface area (Å²) in [6.07, 6.45) is 39.5. The van der Waals surface area contributed by atoms with Gasteiger partial charge in [0.2, 0.25) is 0 Å². The first-order valence-corrected chi connectivity index (χ1v) is 23.5. The van der Waals surface area contributed by atoms with Crippen LogP contribution in [0.25, 0.3) is 0 Å². The van der Waals surface area contributed by atoms with Gasteiger partial charge >= 0.3 is 23.9 Å². The number of allylic oxidation sites excluding steroid dienone is 2. The second-order valence-corrected chi connectivity index (χ2v) is 15.9. The highest BCUT2D eigenvalue weighted by atomic mass is 16.5. The SMILES string of the molecule is CCCCCCC(O)CC=CCCCCCCCC(=O)OCCCCCC(=O)OC(CC=CCCCCCCCC(=O)OCCCCCC(=O)O)CCCCCC. The lowest BCUT2D eigenvalue weighted by Crippen LogP contribution is -2.17. The number of esters is 3. The van der Waals surface area contributed by atoms with Gasteiger partial charge in [0.25, 0.3) is 0 Å². The van der Waals surface area contributed by atoms with Gasteiger partial charge in [0.1, 0.15) is 6.10 Å². The van der Waals surface area contributed by atoms with Crippen molar-refractivity contribution in [3.63, 3.8) is 0 Å². The van der Waals surface area contributed by atoms with E-state index >= 15 is 0 Å². The number of aliphatic hydroxyl groups is 1. The molecule has 2 N–H and O–H groups in total. The number of ether oxygens (including phenoxy) is 3. The van der Waals surface area contributed by atoms with Gasteiger partial charge in [0.05, 0.1) is 19.3 Å². The lowest BCUT2D eigenvalue weighted by Gasteiger charge is -2.16. The lowest BCUT2D eigenvalue weighted by molar-refractivity contribution is -0.150. The highest BCUT2D eigenvalue weighted by Crippen LogP contribution is 2.16. The third-order valence-electron chi connectivity index (χ3n) is 10.3. The zero-order valence-electron chi connectivity index (χ0n) is 36.7. The lowest BCUT2D eigenvalue weighted by atomic mass is 10.1. The normalized spacial score (nSPS) is 12.6. The zero-order chi connectivity index (χ0) is 41.9. The quantitative estimate of drug-likeness (QED) is 0.0267. The molecule has 0 bridgehead atoms. The minimum atomic E-state index is -0.787. The Hall–Kier alpha value is -2.68. The number of aliphatic carboxylic acids is 1. The molecule has 0 aromatic rings. The Morgan fingerprint density at radius 3 is 1.40 bits per heavy atom. The molecule has 0 rings (SSSR count). The van der Waals surface area contributed by atoms with E-state index in [1.807, 2.05) is 0 Å². The van der Waals surface area contributed by atoms with Crippen LogP contribution in [0.4, 0.5) is 0 Å². The van der Waals surface area contributed by atoms with Gasteiger partial charge in [-0.3, -0.25) is 19.2 Å². The van der Waals surface area contributed by atoms with Crippen molar-refractivity contribution >= 4 is 23.9 Å². The molecule has 0 heterocycles. The van der Waals surface area contributed by atoms with E-state index in [1.54, 1.807) is 0 Å². The Balaban J connectivity index is 3.92. The van der Waals surface area contributed by atoms with Crippen LogP contribution in [-0.2, 0) is 33.4 Å². The van der Waals surface area contributed by atoms with Crippen LogP contribution in [0.2, 0.25) is 0 Å². The molecule has 2 atom stereocenters. The summed E-state index contributed by atoms with van der Waals surface area (Å²) in [4.78, 5) is 47.1. The van der Waals surface area contributed by atoms with Crippen LogP contribution in [0.15, 0.2) is 24.3 Å². The van der Waals surface area contributed by atoms with E-state index in [4.69, 9.17) is 19.3 Å². The fourth-order valence-electron chi connectivity index (χ4n) is 6.67. The number of carbonyl (C=O) groups excluding carboxylic acids is 3. The maximum atomic E-state index is 12.6. The molecule has 0 aliphatic carbocycles. The summed E-state index contributed by atoms with van der Waals surface area (Å²) < 4.78 is 16.5. The van der Waals surface area contributed by atoms with E-state index in [0.29, 0.717) is 45.3 Å². The molecule has 9 heteroatoms. The summed E-state index contributed by atoms with van der Waals surface area (Å²) in [5, 5.41) is 18.7. The van der Waals surface area contributed by atoms with E-state index in [2.05, 4.69) is 38.2 Å². The van der Waals surface area contributed by atoms with Gasteiger partial charge in [0, 0.05) is 32.1 Å². The Morgan fingerprint density at radius 1 is 0.456 bits per heavy atom. The van der Waals surface area contributed by atoms with Crippen LogP contribution in [0, 0.1) is 0 Å². The van der Waals surface area contributed by atoms with Crippen LogP contribution >= 0.6 is 0 Å². The van der Waals surface area contributed by atoms with E-state index in [9.17, 15) is 24.3 Å². The topological polar surface area (TPSA) is 136 Å². The van der Waals surface area contributed by atoms with Crippen molar-refractivity contribution in [2.75, 3.05) is 13.2 Å². The number of carbonyl (C=O) groups is 4. The summed E-state index contributed by atoms with van der Waals surface area (Å²) in [7, 11) is 0. The van der Waals surface area contributed by atoms with Crippen LogP contribution in [-0.4, -0.2) is 59.5 Å². The molecule has 0 aliphatic heterocycles. The molecule has 2 unspecified atom stereocenters. The predicted molar refractivity (Wildman–Crippen MR) is 232 cm³/mol. The first-order valence-electron chi connectivity index (χ1n) is 23.5. The number of carboxylic acids is 1. The van der Waals surface area contributed by atoms with Crippen molar-refractivity contribution in [1.29, 1.82) is 0 Å². The Bertz CT molecular complexity index is 1010. The maximum absolute atomic E-state index is 12.6. The second-order valence-electron chi connectivity index (χ2n) is 15.9. The molecular formula is C48H86O9. The molecule has 0 saturated carbocycles. The predicted octanol–water partition coefficient (Wildman–Crippen LogP) is 12.8. The first-order chi connectivity index (χ1) is 27.8. The van der Waals surface area contributed by atoms with Gasteiger partial charge in [-0.25, -0.2) is 0 Å². The van der Waals surface area contributed by atoms with Gasteiger partial charge in [-0.2, -0.15) is 0 Å². The van der Waals surface area contributed by atoms with Crippen LogP contribution in [0.5, 0.6) is 0 Å².